The molecule has 1 aromatic rings. The summed E-state index contributed by atoms with van der Waals surface area (Å²) in [7, 11) is 0. The Balaban J connectivity index is 2.03. The molecule has 2 N–H and O–H groups in total. The third-order valence-electron chi connectivity index (χ3n) is 2.37. The summed E-state index contributed by atoms with van der Waals surface area (Å²) in [6.07, 6.45) is 3.08. The van der Waals surface area contributed by atoms with Gasteiger partial charge in [-0.3, -0.25) is 0 Å². The van der Waals surface area contributed by atoms with Gasteiger partial charge >= 0.3 is 0 Å². The molecule has 0 aliphatic carbocycles. The first-order valence-corrected chi connectivity index (χ1v) is 5.88. The quantitative estimate of drug-likeness (QED) is 0.842. The van der Waals surface area contributed by atoms with Gasteiger partial charge in [0.05, 0.1) is 12.3 Å². The maximum absolute atomic E-state index is 5.83. The van der Waals surface area contributed by atoms with E-state index in [-0.39, 0.29) is 6.29 Å². The smallest absolute Gasteiger partial charge is 0.199 e. The zero-order valence-electron chi connectivity index (χ0n) is 8.41. The van der Waals surface area contributed by atoms with E-state index in [0.717, 1.165) is 30.3 Å². The fraction of sp³-hybridized carbons (Fsp3) is 0.455. The molecule has 1 unspecified atom stereocenters. The van der Waals surface area contributed by atoms with E-state index < -0.39 is 0 Å². The highest BCUT2D eigenvalue weighted by Crippen LogP contribution is 2.27. The summed E-state index contributed by atoms with van der Waals surface area (Å²) in [5.74, 6) is 0.699. The molecule has 0 bridgehead atoms. The van der Waals surface area contributed by atoms with Crippen LogP contribution in [0.5, 0.6) is 5.75 Å². The van der Waals surface area contributed by atoms with Crippen molar-refractivity contribution in [2.75, 3.05) is 12.3 Å². The van der Waals surface area contributed by atoms with Gasteiger partial charge in [0.1, 0.15) is 5.75 Å². The lowest BCUT2D eigenvalue weighted by atomic mass is 10.2. The Morgan fingerprint density at radius 3 is 2.93 bits per heavy atom. The van der Waals surface area contributed by atoms with Gasteiger partial charge in [-0.25, -0.2) is 0 Å². The van der Waals surface area contributed by atoms with Crippen LogP contribution in [0.25, 0.3) is 0 Å². The second-order valence-electron chi connectivity index (χ2n) is 3.60. The summed E-state index contributed by atoms with van der Waals surface area (Å²) < 4.78 is 12.1. The monoisotopic (exact) mass is 271 g/mol. The van der Waals surface area contributed by atoms with Crippen molar-refractivity contribution in [3.63, 3.8) is 0 Å². The average molecular weight is 272 g/mol. The second kappa shape index (κ2) is 4.86. The highest BCUT2D eigenvalue weighted by Gasteiger charge is 2.16. The van der Waals surface area contributed by atoms with E-state index in [1.54, 1.807) is 0 Å². The number of halogens is 1. The number of rotatable bonds is 2. The van der Waals surface area contributed by atoms with E-state index >= 15 is 0 Å². The number of hydrogen-bond acceptors (Lipinski definition) is 3. The summed E-state index contributed by atoms with van der Waals surface area (Å²) >= 11 is 3.35. The molecule has 0 saturated carbocycles. The SMILES string of the molecule is Nc1cc(Br)ccc1OC1CCCCO1. The molecule has 2 rings (SSSR count). The van der Waals surface area contributed by atoms with E-state index in [2.05, 4.69) is 15.9 Å². The van der Waals surface area contributed by atoms with Crippen molar-refractivity contribution >= 4 is 21.6 Å². The van der Waals surface area contributed by atoms with Gasteiger partial charge in [-0.15, -0.1) is 0 Å². The van der Waals surface area contributed by atoms with Crippen LogP contribution in [0.3, 0.4) is 0 Å². The molecule has 1 heterocycles. The van der Waals surface area contributed by atoms with Crippen LogP contribution in [-0.2, 0) is 4.74 Å². The van der Waals surface area contributed by atoms with Gasteiger partial charge in [0, 0.05) is 10.9 Å². The molecule has 1 atom stereocenters. The van der Waals surface area contributed by atoms with Crippen LogP contribution in [0.4, 0.5) is 5.69 Å². The van der Waals surface area contributed by atoms with Crippen LogP contribution in [0.15, 0.2) is 22.7 Å². The Morgan fingerprint density at radius 1 is 1.40 bits per heavy atom. The largest absolute Gasteiger partial charge is 0.463 e. The molecular weight excluding hydrogens is 258 g/mol. The lowest BCUT2D eigenvalue weighted by molar-refractivity contribution is -0.105. The average Bonchev–Trinajstić information content (AvgIpc) is 2.24. The van der Waals surface area contributed by atoms with Crippen molar-refractivity contribution in [2.45, 2.75) is 25.6 Å². The number of hydrogen-bond donors (Lipinski definition) is 1. The Labute approximate surface area is 97.7 Å². The molecule has 0 amide bonds. The third-order valence-corrected chi connectivity index (χ3v) is 2.86. The van der Waals surface area contributed by atoms with Gasteiger partial charge in [-0.1, -0.05) is 15.9 Å². The molecule has 15 heavy (non-hydrogen) atoms. The lowest BCUT2D eigenvalue weighted by Gasteiger charge is -2.24. The van der Waals surface area contributed by atoms with Crippen molar-refractivity contribution < 1.29 is 9.47 Å². The molecule has 1 saturated heterocycles. The predicted octanol–water partition coefficient (Wildman–Crippen LogP) is 2.94. The Morgan fingerprint density at radius 2 is 2.27 bits per heavy atom. The predicted molar refractivity (Wildman–Crippen MR) is 62.8 cm³/mol. The Bertz CT molecular complexity index is 337. The van der Waals surface area contributed by atoms with Crippen molar-refractivity contribution in [2.24, 2.45) is 0 Å². The topological polar surface area (TPSA) is 44.5 Å². The standard InChI is InChI=1S/C11H14BrNO2/c12-8-4-5-10(9(13)7-8)15-11-3-1-2-6-14-11/h4-5,7,11H,1-3,6,13H2. The van der Waals surface area contributed by atoms with E-state index in [1.807, 2.05) is 18.2 Å². The highest BCUT2D eigenvalue weighted by atomic mass is 79.9. The van der Waals surface area contributed by atoms with Crippen molar-refractivity contribution in [3.05, 3.63) is 22.7 Å². The maximum atomic E-state index is 5.83. The van der Waals surface area contributed by atoms with Crippen LogP contribution in [0.1, 0.15) is 19.3 Å². The first-order valence-electron chi connectivity index (χ1n) is 5.09. The van der Waals surface area contributed by atoms with Crippen molar-refractivity contribution in [1.82, 2.24) is 0 Å². The summed E-state index contributed by atoms with van der Waals surface area (Å²) in [6, 6.07) is 5.60. The van der Waals surface area contributed by atoms with Crippen LogP contribution >= 0.6 is 15.9 Å². The highest BCUT2D eigenvalue weighted by molar-refractivity contribution is 9.10. The summed E-state index contributed by atoms with van der Waals surface area (Å²) in [4.78, 5) is 0. The Hall–Kier alpha value is -0.740. The van der Waals surface area contributed by atoms with E-state index in [0.29, 0.717) is 11.4 Å². The number of nitrogens with two attached hydrogens (primary N) is 1. The maximum Gasteiger partial charge on any atom is 0.199 e. The van der Waals surface area contributed by atoms with Crippen LogP contribution in [-0.4, -0.2) is 12.9 Å². The summed E-state index contributed by atoms with van der Waals surface area (Å²) in [6.45, 7) is 0.779. The van der Waals surface area contributed by atoms with Crippen molar-refractivity contribution in [1.29, 1.82) is 0 Å². The fourth-order valence-corrected chi connectivity index (χ4v) is 1.95. The third kappa shape index (κ3) is 2.86. The summed E-state index contributed by atoms with van der Waals surface area (Å²) in [5.41, 5.74) is 6.47. The van der Waals surface area contributed by atoms with Crippen molar-refractivity contribution in [3.8, 4) is 5.75 Å². The molecule has 3 nitrogen and oxygen atoms in total. The number of ether oxygens (including phenoxy) is 2. The van der Waals surface area contributed by atoms with E-state index in [1.165, 1.54) is 0 Å². The number of nitrogen functional groups attached to an aromatic ring is 1. The molecule has 0 radical (unpaired) electrons. The van der Waals surface area contributed by atoms with Crippen LogP contribution in [0, 0.1) is 0 Å². The lowest BCUT2D eigenvalue weighted by Crippen LogP contribution is -2.25. The minimum atomic E-state index is -0.137. The molecule has 1 fully saturated rings. The van der Waals surface area contributed by atoms with Gasteiger partial charge < -0.3 is 15.2 Å². The summed E-state index contributed by atoms with van der Waals surface area (Å²) in [5, 5.41) is 0. The molecule has 0 aromatic heterocycles. The first kappa shape index (κ1) is 10.8. The molecular formula is C11H14BrNO2. The number of benzene rings is 1. The molecule has 1 aliphatic rings. The van der Waals surface area contributed by atoms with Gasteiger partial charge in [-0.2, -0.15) is 0 Å². The molecule has 0 spiro atoms. The minimum Gasteiger partial charge on any atom is -0.463 e. The Kier molecular flexibility index (Phi) is 3.49. The molecule has 82 valence electrons. The van der Waals surface area contributed by atoms with Crippen LogP contribution < -0.4 is 10.5 Å². The molecule has 1 aromatic carbocycles. The zero-order valence-corrected chi connectivity index (χ0v) is 10.00. The number of anilines is 1. The normalized spacial score (nSPS) is 21.3. The van der Waals surface area contributed by atoms with Crippen LogP contribution in [0.2, 0.25) is 0 Å². The first-order chi connectivity index (χ1) is 7.25. The molecule has 4 heteroatoms. The fourth-order valence-electron chi connectivity index (χ4n) is 1.57. The molecule has 1 aliphatic heterocycles. The minimum absolute atomic E-state index is 0.137. The van der Waals surface area contributed by atoms with Gasteiger partial charge in [-0.05, 0) is 31.0 Å². The van der Waals surface area contributed by atoms with E-state index in [9.17, 15) is 0 Å². The second-order valence-corrected chi connectivity index (χ2v) is 4.51. The van der Waals surface area contributed by atoms with Gasteiger partial charge in [0.15, 0.2) is 6.29 Å². The van der Waals surface area contributed by atoms with Gasteiger partial charge in [0.25, 0.3) is 0 Å². The zero-order chi connectivity index (χ0) is 10.7. The van der Waals surface area contributed by atoms with E-state index in [4.69, 9.17) is 15.2 Å². The van der Waals surface area contributed by atoms with Gasteiger partial charge in [0.2, 0.25) is 0 Å².